The summed E-state index contributed by atoms with van der Waals surface area (Å²) in [7, 11) is 1.43. The van der Waals surface area contributed by atoms with E-state index < -0.39 is 0 Å². The lowest BCUT2D eigenvalue weighted by atomic mass is 10.2. The number of rotatable bonds is 1. The molecule has 0 atom stereocenters. The summed E-state index contributed by atoms with van der Waals surface area (Å²) in [5.74, 6) is 0. The molecule has 0 fully saturated rings. The third-order valence-corrected chi connectivity index (χ3v) is 0.936. The van der Waals surface area contributed by atoms with E-state index in [0.717, 1.165) is 11.8 Å². The molecule has 3 heteroatoms. The Morgan fingerprint density at radius 3 is 2.09 bits per heavy atom. The van der Waals surface area contributed by atoms with E-state index in [4.69, 9.17) is 5.21 Å². The molecule has 0 spiro atoms. The van der Waals surface area contributed by atoms with Crippen molar-refractivity contribution < 1.29 is 10.0 Å². The van der Waals surface area contributed by atoms with Gasteiger partial charge < -0.3 is 5.21 Å². The van der Waals surface area contributed by atoms with Crippen LogP contribution in [0.25, 0.3) is 0 Å². The lowest BCUT2D eigenvalue weighted by Gasteiger charge is -1.81. The van der Waals surface area contributed by atoms with Crippen LogP contribution < -0.4 is 5.48 Å². The molecule has 3 nitrogen and oxygen atoms in total. The second kappa shape index (κ2) is 6.92. The Balaban J connectivity index is 0.000000292. The Labute approximate surface area is 65.6 Å². The summed E-state index contributed by atoms with van der Waals surface area (Å²) in [6.45, 7) is 0. The highest BCUT2D eigenvalue weighted by Gasteiger charge is 1.79. The SMILES string of the molecule is CNO.O=Cc1ccccc1. The summed E-state index contributed by atoms with van der Waals surface area (Å²) < 4.78 is 0. The van der Waals surface area contributed by atoms with Crippen LogP contribution in [0.4, 0.5) is 0 Å². The number of nitrogens with one attached hydrogen (secondary N) is 1. The van der Waals surface area contributed by atoms with Crippen molar-refractivity contribution in [1.82, 2.24) is 5.48 Å². The van der Waals surface area contributed by atoms with Crippen molar-refractivity contribution in [3.8, 4) is 0 Å². The molecule has 0 aliphatic carbocycles. The summed E-state index contributed by atoms with van der Waals surface area (Å²) in [5, 5.41) is 7.32. The lowest BCUT2D eigenvalue weighted by molar-refractivity contribution is 0.112. The molecule has 1 rings (SSSR count). The third kappa shape index (κ3) is 5.26. The Morgan fingerprint density at radius 2 is 1.82 bits per heavy atom. The van der Waals surface area contributed by atoms with Gasteiger partial charge in [-0.15, -0.1) is 0 Å². The number of hydroxylamine groups is 1. The van der Waals surface area contributed by atoms with E-state index in [9.17, 15) is 4.79 Å². The van der Waals surface area contributed by atoms with Gasteiger partial charge in [0.15, 0.2) is 0 Å². The van der Waals surface area contributed by atoms with E-state index in [1.165, 1.54) is 7.05 Å². The van der Waals surface area contributed by atoms with Crippen molar-refractivity contribution in [2.75, 3.05) is 7.05 Å². The van der Waals surface area contributed by atoms with Crippen LogP contribution in [0, 0.1) is 0 Å². The molecule has 0 aliphatic heterocycles. The average Bonchev–Trinajstić information content (AvgIpc) is 2.08. The fourth-order valence-electron chi connectivity index (χ4n) is 0.532. The second-order valence-electron chi connectivity index (χ2n) is 1.75. The highest BCUT2D eigenvalue weighted by Crippen LogP contribution is 1.91. The van der Waals surface area contributed by atoms with Crippen molar-refractivity contribution in [3.05, 3.63) is 35.9 Å². The molecule has 0 saturated heterocycles. The van der Waals surface area contributed by atoms with Gasteiger partial charge >= 0.3 is 0 Å². The number of aldehydes is 1. The van der Waals surface area contributed by atoms with Crippen LogP contribution in [-0.2, 0) is 0 Å². The Morgan fingerprint density at radius 1 is 1.36 bits per heavy atom. The maximum Gasteiger partial charge on any atom is 0.150 e. The van der Waals surface area contributed by atoms with E-state index in [0.29, 0.717) is 0 Å². The van der Waals surface area contributed by atoms with Crippen molar-refractivity contribution in [2.24, 2.45) is 0 Å². The van der Waals surface area contributed by atoms with Crippen LogP contribution >= 0.6 is 0 Å². The van der Waals surface area contributed by atoms with E-state index in [1.54, 1.807) is 17.6 Å². The Bertz CT molecular complexity index is 187. The standard InChI is InChI=1S/C7H6O.CH5NO/c8-6-7-4-2-1-3-5-7;1-2-3/h1-6H;2-3H,1H3. The summed E-state index contributed by atoms with van der Waals surface area (Å²) in [4.78, 5) is 10.0. The van der Waals surface area contributed by atoms with Crippen molar-refractivity contribution in [2.45, 2.75) is 0 Å². The van der Waals surface area contributed by atoms with E-state index in [1.807, 2.05) is 18.2 Å². The zero-order valence-electron chi connectivity index (χ0n) is 6.32. The van der Waals surface area contributed by atoms with Gasteiger partial charge in [-0.2, -0.15) is 0 Å². The minimum Gasteiger partial charge on any atom is -0.317 e. The molecule has 0 bridgehead atoms. The van der Waals surface area contributed by atoms with Gasteiger partial charge in [-0.25, -0.2) is 5.48 Å². The maximum absolute atomic E-state index is 10.0. The summed E-state index contributed by atoms with van der Waals surface area (Å²) in [6.07, 6.45) is 0.833. The van der Waals surface area contributed by atoms with Crippen LogP contribution in [0.15, 0.2) is 30.3 Å². The van der Waals surface area contributed by atoms with E-state index in [2.05, 4.69) is 0 Å². The molecular formula is C8H11NO2. The predicted molar refractivity (Wildman–Crippen MR) is 42.7 cm³/mol. The Kier molecular flexibility index (Phi) is 6.17. The Hall–Kier alpha value is -1.19. The van der Waals surface area contributed by atoms with Crippen LogP contribution in [0.2, 0.25) is 0 Å². The summed E-state index contributed by atoms with van der Waals surface area (Å²) in [6, 6.07) is 9.10. The number of carbonyl (C=O) groups is 1. The summed E-state index contributed by atoms with van der Waals surface area (Å²) in [5.41, 5.74) is 2.48. The van der Waals surface area contributed by atoms with Crippen molar-refractivity contribution >= 4 is 6.29 Å². The number of carbonyl (C=O) groups excluding carboxylic acids is 1. The van der Waals surface area contributed by atoms with Crippen LogP contribution in [0.3, 0.4) is 0 Å². The van der Waals surface area contributed by atoms with Crippen LogP contribution in [-0.4, -0.2) is 18.5 Å². The molecule has 0 aliphatic rings. The first-order valence-corrected chi connectivity index (χ1v) is 3.16. The topological polar surface area (TPSA) is 49.3 Å². The van der Waals surface area contributed by atoms with Crippen molar-refractivity contribution in [1.29, 1.82) is 0 Å². The fourth-order valence-corrected chi connectivity index (χ4v) is 0.532. The molecule has 0 amide bonds. The number of benzene rings is 1. The maximum atomic E-state index is 10.0. The molecule has 60 valence electrons. The molecule has 0 heterocycles. The average molecular weight is 153 g/mol. The molecule has 0 radical (unpaired) electrons. The zero-order chi connectivity index (χ0) is 8.53. The van der Waals surface area contributed by atoms with Crippen molar-refractivity contribution in [3.63, 3.8) is 0 Å². The molecule has 0 aromatic heterocycles. The molecular weight excluding hydrogens is 142 g/mol. The quantitative estimate of drug-likeness (QED) is 0.469. The molecule has 1 aromatic rings. The van der Waals surface area contributed by atoms with Gasteiger partial charge in [0, 0.05) is 12.6 Å². The smallest absolute Gasteiger partial charge is 0.150 e. The molecule has 2 N–H and O–H groups in total. The third-order valence-electron chi connectivity index (χ3n) is 0.936. The lowest BCUT2D eigenvalue weighted by Crippen LogP contribution is -1.91. The first kappa shape index (κ1) is 9.81. The molecule has 0 unspecified atom stereocenters. The van der Waals surface area contributed by atoms with Gasteiger partial charge in [0.2, 0.25) is 0 Å². The second-order valence-corrected chi connectivity index (χ2v) is 1.75. The number of hydrogen-bond donors (Lipinski definition) is 2. The predicted octanol–water partition coefficient (Wildman–Crippen LogP) is 1.09. The van der Waals surface area contributed by atoms with Gasteiger partial charge in [0.25, 0.3) is 0 Å². The fraction of sp³-hybridized carbons (Fsp3) is 0.125. The molecule has 0 saturated carbocycles. The minimum absolute atomic E-state index is 0.729. The highest BCUT2D eigenvalue weighted by atomic mass is 16.5. The van der Waals surface area contributed by atoms with Gasteiger partial charge in [-0.3, -0.25) is 4.79 Å². The van der Waals surface area contributed by atoms with Crippen LogP contribution in [0.5, 0.6) is 0 Å². The van der Waals surface area contributed by atoms with Gasteiger partial charge in [-0.1, -0.05) is 30.3 Å². The summed E-state index contributed by atoms with van der Waals surface area (Å²) >= 11 is 0. The zero-order valence-corrected chi connectivity index (χ0v) is 6.32. The van der Waals surface area contributed by atoms with Gasteiger partial charge in [0.05, 0.1) is 0 Å². The van der Waals surface area contributed by atoms with Gasteiger partial charge in [-0.05, 0) is 0 Å². The normalized spacial score (nSPS) is 7.82. The highest BCUT2D eigenvalue weighted by molar-refractivity contribution is 5.74. The first-order valence-electron chi connectivity index (χ1n) is 3.16. The minimum atomic E-state index is 0.729. The van der Waals surface area contributed by atoms with Crippen LogP contribution in [0.1, 0.15) is 10.4 Å². The monoisotopic (exact) mass is 153 g/mol. The van der Waals surface area contributed by atoms with E-state index >= 15 is 0 Å². The van der Waals surface area contributed by atoms with Gasteiger partial charge in [0.1, 0.15) is 6.29 Å². The molecule has 1 aromatic carbocycles. The van der Waals surface area contributed by atoms with E-state index in [-0.39, 0.29) is 0 Å². The first-order chi connectivity index (χ1) is 5.35. The largest absolute Gasteiger partial charge is 0.317 e. The molecule has 11 heavy (non-hydrogen) atoms. The number of hydrogen-bond acceptors (Lipinski definition) is 3.